The number of amides is 1. The number of carbonyl (C=O) groups excluding carboxylic acids is 1. The van der Waals surface area contributed by atoms with Gasteiger partial charge in [0.25, 0.3) is 0 Å². The summed E-state index contributed by atoms with van der Waals surface area (Å²) in [6, 6.07) is 3.38. The van der Waals surface area contributed by atoms with Gasteiger partial charge in [-0.3, -0.25) is 4.90 Å². The van der Waals surface area contributed by atoms with Crippen molar-refractivity contribution < 1.29 is 14.1 Å². The number of rotatable bonds is 2. The van der Waals surface area contributed by atoms with E-state index in [0.29, 0.717) is 23.8 Å². The van der Waals surface area contributed by atoms with Gasteiger partial charge in [-0.2, -0.15) is 0 Å². The van der Waals surface area contributed by atoms with Crippen LogP contribution >= 0.6 is 0 Å². The summed E-state index contributed by atoms with van der Waals surface area (Å²) in [6.45, 7) is 6.22. The van der Waals surface area contributed by atoms with E-state index >= 15 is 0 Å². The standard InChI is InChI=1S/C16H20N4O3/c1-16(2,3)22-15(21)20-9-4-6-12(20)13-10-11(19-23-13)14-17-7-5-8-18-14/h5,7-8,10,12H,4,6,9H2,1-3H3/t12-/m0/s1. The van der Waals surface area contributed by atoms with E-state index in [4.69, 9.17) is 9.26 Å². The first-order valence-corrected chi connectivity index (χ1v) is 7.68. The lowest BCUT2D eigenvalue weighted by Crippen LogP contribution is -2.36. The van der Waals surface area contributed by atoms with E-state index in [1.165, 1.54) is 0 Å². The van der Waals surface area contributed by atoms with Gasteiger partial charge in [0.1, 0.15) is 5.60 Å². The first kappa shape index (κ1) is 15.5. The van der Waals surface area contributed by atoms with Gasteiger partial charge < -0.3 is 9.26 Å². The second-order valence-electron chi connectivity index (χ2n) is 6.52. The van der Waals surface area contributed by atoms with Crippen LogP contribution in [0.4, 0.5) is 4.79 Å². The molecule has 0 spiro atoms. The molecule has 1 fully saturated rings. The highest BCUT2D eigenvalue weighted by Crippen LogP contribution is 2.34. The number of nitrogens with zero attached hydrogens (tertiary/aromatic N) is 4. The van der Waals surface area contributed by atoms with Crippen LogP contribution in [0.15, 0.2) is 29.0 Å². The third-order valence-electron chi connectivity index (χ3n) is 3.53. The van der Waals surface area contributed by atoms with Gasteiger partial charge in [0, 0.05) is 25.0 Å². The lowest BCUT2D eigenvalue weighted by molar-refractivity contribution is 0.0204. The zero-order valence-corrected chi connectivity index (χ0v) is 13.5. The van der Waals surface area contributed by atoms with Crippen LogP contribution < -0.4 is 0 Å². The van der Waals surface area contributed by atoms with E-state index in [2.05, 4.69) is 15.1 Å². The summed E-state index contributed by atoms with van der Waals surface area (Å²) in [7, 11) is 0. The van der Waals surface area contributed by atoms with Crippen LogP contribution in [0, 0.1) is 0 Å². The smallest absolute Gasteiger partial charge is 0.410 e. The van der Waals surface area contributed by atoms with Crippen LogP contribution in [0.5, 0.6) is 0 Å². The molecule has 7 nitrogen and oxygen atoms in total. The van der Waals surface area contributed by atoms with E-state index in [1.54, 1.807) is 29.4 Å². The van der Waals surface area contributed by atoms with E-state index in [9.17, 15) is 4.79 Å². The lowest BCUT2D eigenvalue weighted by atomic mass is 10.1. The second kappa shape index (κ2) is 5.98. The Morgan fingerprint density at radius 3 is 2.78 bits per heavy atom. The molecule has 0 aromatic carbocycles. The van der Waals surface area contributed by atoms with Crippen LogP contribution in [0.2, 0.25) is 0 Å². The normalized spacial score (nSPS) is 18.2. The Morgan fingerprint density at radius 1 is 1.35 bits per heavy atom. The first-order valence-electron chi connectivity index (χ1n) is 7.68. The minimum absolute atomic E-state index is 0.158. The molecule has 0 radical (unpaired) electrons. The quantitative estimate of drug-likeness (QED) is 0.846. The number of hydrogen-bond acceptors (Lipinski definition) is 6. The molecule has 1 amide bonds. The Bertz CT molecular complexity index is 678. The van der Waals surface area contributed by atoms with E-state index in [1.807, 2.05) is 20.8 Å². The molecular weight excluding hydrogens is 296 g/mol. The topological polar surface area (TPSA) is 81.4 Å². The third kappa shape index (κ3) is 3.49. The van der Waals surface area contributed by atoms with Crippen molar-refractivity contribution in [3.63, 3.8) is 0 Å². The average Bonchev–Trinajstić information content (AvgIpc) is 3.15. The van der Waals surface area contributed by atoms with Gasteiger partial charge in [0.2, 0.25) is 0 Å². The second-order valence-corrected chi connectivity index (χ2v) is 6.52. The molecule has 1 aliphatic rings. The van der Waals surface area contributed by atoms with Crippen LogP contribution in [-0.4, -0.2) is 38.3 Å². The van der Waals surface area contributed by atoms with E-state index in [0.717, 1.165) is 12.8 Å². The summed E-state index contributed by atoms with van der Waals surface area (Å²) in [5, 5.41) is 4.02. The van der Waals surface area contributed by atoms with E-state index < -0.39 is 5.60 Å². The Balaban J connectivity index is 1.78. The van der Waals surface area contributed by atoms with Crippen molar-refractivity contribution in [2.24, 2.45) is 0 Å². The molecule has 0 unspecified atom stereocenters. The number of hydrogen-bond donors (Lipinski definition) is 0. The zero-order chi connectivity index (χ0) is 16.4. The summed E-state index contributed by atoms with van der Waals surface area (Å²) >= 11 is 0. The first-order chi connectivity index (χ1) is 10.9. The van der Waals surface area contributed by atoms with E-state index in [-0.39, 0.29) is 12.1 Å². The molecule has 3 heterocycles. The van der Waals surface area contributed by atoms with Crippen LogP contribution in [0.25, 0.3) is 11.5 Å². The van der Waals surface area contributed by atoms with Gasteiger partial charge in [-0.1, -0.05) is 5.16 Å². The van der Waals surface area contributed by atoms with Gasteiger partial charge >= 0.3 is 6.09 Å². The molecule has 0 aliphatic carbocycles. The monoisotopic (exact) mass is 316 g/mol. The van der Waals surface area contributed by atoms with Crippen molar-refractivity contribution in [3.05, 3.63) is 30.3 Å². The zero-order valence-electron chi connectivity index (χ0n) is 13.5. The third-order valence-corrected chi connectivity index (χ3v) is 3.53. The van der Waals surface area contributed by atoms with Crippen LogP contribution in [0.1, 0.15) is 45.4 Å². The molecule has 0 N–H and O–H groups in total. The summed E-state index contributed by atoms with van der Waals surface area (Å²) in [5.41, 5.74) is 0.0472. The Kier molecular flexibility index (Phi) is 4.02. The molecule has 3 rings (SSSR count). The Morgan fingerprint density at radius 2 is 2.09 bits per heavy atom. The highest BCUT2D eigenvalue weighted by atomic mass is 16.6. The maximum Gasteiger partial charge on any atom is 0.410 e. The molecule has 7 heteroatoms. The van der Waals surface area contributed by atoms with Crippen molar-refractivity contribution in [1.29, 1.82) is 0 Å². The lowest BCUT2D eigenvalue weighted by Gasteiger charge is -2.27. The van der Waals surface area contributed by atoms with Crippen molar-refractivity contribution in [2.75, 3.05) is 6.54 Å². The van der Waals surface area contributed by atoms with Crippen molar-refractivity contribution in [3.8, 4) is 11.5 Å². The molecule has 122 valence electrons. The Labute approximate surface area is 134 Å². The fraction of sp³-hybridized carbons (Fsp3) is 0.500. The highest BCUT2D eigenvalue weighted by molar-refractivity contribution is 5.69. The van der Waals surface area contributed by atoms with Crippen LogP contribution in [-0.2, 0) is 4.74 Å². The van der Waals surface area contributed by atoms with Gasteiger partial charge in [-0.05, 0) is 39.7 Å². The van der Waals surface area contributed by atoms with Crippen molar-refractivity contribution in [1.82, 2.24) is 20.0 Å². The molecule has 1 saturated heterocycles. The largest absolute Gasteiger partial charge is 0.444 e. The predicted molar refractivity (Wildman–Crippen MR) is 82.4 cm³/mol. The number of aromatic nitrogens is 3. The molecule has 1 aliphatic heterocycles. The summed E-state index contributed by atoms with van der Waals surface area (Å²) in [5.74, 6) is 1.14. The average molecular weight is 316 g/mol. The minimum Gasteiger partial charge on any atom is -0.444 e. The summed E-state index contributed by atoms with van der Waals surface area (Å²) < 4.78 is 10.9. The highest BCUT2D eigenvalue weighted by Gasteiger charge is 2.35. The predicted octanol–water partition coefficient (Wildman–Crippen LogP) is 3.20. The summed E-state index contributed by atoms with van der Waals surface area (Å²) in [6.07, 6.45) is 4.71. The van der Waals surface area contributed by atoms with Gasteiger partial charge in [0.15, 0.2) is 17.3 Å². The number of likely N-dealkylation sites (tertiary alicyclic amines) is 1. The molecule has 0 bridgehead atoms. The molecule has 2 aromatic rings. The van der Waals surface area contributed by atoms with Crippen molar-refractivity contribution >= 4 is 6.09 Å². The van der Waals surface area contributed by atoms with Gasteiger partial charge in [-0.15, -0.1) is 0 Å². The SMILES string of the molecule is CC(C)(C)OC(=O)N1CCC[C@H]1c1cc(-c2ncccn2)no1. The number of carbonyl (C=O) groups is 1. The Hall–Kier alpha value is -2.44. The molecule has 2 aromatic heterocycles. The fourth-order valence-electron chi connectivity index (χ4n) is 2.58. The van der Waals surface area contributed by atoms with Gasteiger partial charge in [0.05, 0.1) is 6.04 Å². The summed E-state index contributed by atoms with van der Waals surface area (Å²) in [4.78, 5) is 22.3. The van der Waals surface area contributed by atoms with Crippen LogP contribution in [0.3, 0.4) is 0 Å². The maximum atomic E-state index is 12.3. The molecule has 0 saturated carbocycles. The maximum absolute atomic E-state index is 12.3. The fourth-order valence-corrected chi connectivity index (χ4v) is 2.58. The minimum atomic E-state index is -0.519. The number of ether oxygens (including phenoxy) is 1. The van der Waals surface area contributed by atoms with Gasteiger partial charge in [-0.25, -0.2) is 14.8 Å². The van der Waals surface area contributed by atoms with Crippen molar-refractivity contribution in [2.45, 2.75) is 45.3 Å². The molecular formula is C16H20N4O3. The molecule has 23 heavy (non-hydrogen) atoms. The molecule has 1 atom stereocenters.